The van der Waals surface area contributed by atoms with Crippen molar-refractivity contribution in [2.75, 3.05) is 14.2 Å². The number of aliphatic carboxylic acids is 1. The van der Waals surface area contributed by atoms with Crippen molar-refractivity contribution in [3.63, 3.8) is 0 Å². The molecule has 8 nitrogen and oxygen atoms in total. The molecule has 0 spiro atoms. The van der Waals surface area contributed by atoms with E-state index in [1.807, 2.05) is 0 Å². The highest BCUT2D eigenvalue weighted by molar-refractivity contribution is 6.10. The third-order valence-corrected chi connectivity index (χ3v) is 6.30. The van der Waals surface area contributed by atoms with Crippen LogP contribution in [0.15, 0.2) is 18.2 Å². The Morgan fingerprint density at radius 3 is 2.20 bits per heavy atom. The van der Waals surface area contributed by atoms with Crippen LogP contribution in [0.2, 0.25) is 0 Å². The standard InChI is InChI=1S/C22H30N2O6/c1-11(2)22(20(27)28)16-15(18(25)24(19(16)26)21(3,4)5)17(23-22)12-8-9-13(29-6)14(10-12)30-7/h8-11,15-17,23H,1-7H3,(H,27,28). The number of methoxy groups -OCH3 is 2. The summed E-state index contributed by atoms with van der Waals surface area (Å²) in [5.74, 6) is -3.19. The van der Waals surface area contributed by atoms with Gasteiger partial charge in [0.25, 0.3) is 0 Å². The fourth-order valence-electron chi connectivity index (χ4n) is 4.91. The van der Waals surface area contributed by atoms with Crippen LogP contribution in [0, 0.1) is 17.8 Å². The lowest BCUT2D eigenvalue weighted by Crippen LogP contribution is -2.60. The molecule has 1 aromatic rings. The molecule has 2 heterocycles. The van der Waals surface area contributed by atoms with E-state index in [1.54, 1.807) is 52.8 Å². The molecule has 2 aliphatic rings. The summed E-state index contributed by atoms with van der Waals surface area (Å²) in [6.45, 7) is 8.85. The average molecular weight is 418 g/mol. The molecular formula is C22H30N2O6. The summed E-state index contributed by atoms with van der Waals surface area (Å²) in [5.41, 5.74) is -1.64. The summed E-state index contributed by atoms with van der Waals surface area (Å²) in [6, 6.07) is 4.55. The van der Waals surface area contributed by atoms with Crippen LogP contribution in [0.25, 0.3) is 0 Å². The predicted molar refractivity (Wildman–Crippen MR) is 109 cm³/mol. The topological polar surface area (TPSA) is 105 Å². The Bertz CT molecular complexity index is 890. The van der Waals surface area contributed by atoms with E-state index in [0.29, 0.717) is 17.1 Å². The number of imide groups is 1. The van der Waals surface area contributed by atoms with Gasteiger partial charge in [0.05, 0.1) is 26.1 Å². The SMILES string of the molecule is COc1ccc(C2NC(C(=O)O)(C(C)C)C3C(=O)N(C(C)(C)C)C(=O)C23)cc1OC. The number of ether oxygens (including phenoxy) is 2. The highest BCUT2D eigenvalue weighted by atomic mass is 16.5. The van der Waals surface area contributed by atoms with Crippen molar-refractivity contribution in [3.8, 4) is 11.5 Å². The summed E-state index contributed by atoms with van der Waals surface area (Å²) >= 11 is 0. The minimum Gasteiger partial charge on any atom is -0.493 e. The van der Waals surface area contributed by atoms with E-state index < -0.39 is 46.7 Å². The first-order chi connectivity index (χ1) is 13.9. The zero-order chi connectivity index (χ0) is 22.6. The molecule has 8 heteroatoms. The normalized spacial score (nSPS) is 28.8. The van der Waals surface area contributed by atoms with Crippen molar-refractivity contribution in [2.45, 2.75) is 51.7 Å². The summed E-state index contributed by atoms with van der Waals surface area (Å²) in [4.78, 5) is 40.6. The van der Waals surface area contributed by atoms with Gasteiger partial charge in [-0.3, -0.25) is 24.6 Å². The number of fused-ring (bicyclic) bond motifs is 1. The summed E-state index contributed by atoms with van der Waals surface area (Å²) < 4.78 is 10.7. The molecule has 2 aliphatic heterocycles. The van der Waals surface area contributed by atoms with Gasteiger partial charge in [-0.2, -0.15) is 0 Å². The maximum absolute atomic E-state index is 13.5. The fraction of sp³-hybridized carbons (Fsp3) is 0.591. The van der Waals surface area contributed by atoms with Crippen molar-refractivity contribution in [2.24, 2.45) is 17.8 Å². The van der Waals surface area contributed by atoms with Crippen molar-refractivity contribution < 1.29 is 29.0 Å². The Labute approximate surface area is 176 Å². The lowest BCUT2D eigenvalue weighted by atomic mass is 9.73. The maximum atomic E-state index is 13.5. The predicted octanol–water partition coefficient (Wildman–Crippen LogP) is 2.23. The first-order valence-corrected chi connectivity index (χ1v) is 10.0. The van der Waals surface area contributed by atoms with Crippen molar-refractivity contribution in [1.82, 2.24) is 10.2 Å². The molecule has 2 N–H and O–H groups in total. The van der Waals surface area contributed by atoms with Gasteiger partial charge in [0.1, 0.15) is 5.54 Å². The van der Waals surface area contributed by atoms with Gasteiger partial charge < -0.3 is 14.6 Å². The molecule has 2 fully saturated rings. The van der Waals surface area contributed by atoms with E-state index in [2.05, 4.69) is 5.32 Å². The van der Waals surface area contributed by atoms with Crippen LogP contribution in [0.5, 0.6) is 11.5 Å². The van der Waals surface area contributed by atoms with E-state index in [1.165, 1.54) is 19.1 Å². The van der Waals surface area contributed by atoms with Crippen LogP contribution < -0.4 is 14.8 Å². The lowest BCUT2D eigenvalue weighted by Gasteiger charge is -2.37. The number of nitrogens with one attached hydrogen (secondary N) is 1. The summed E-state index contributed by atoms with van der Waals surface area (Å²) in [6.07, 6.45) is 0. The molecule has 1 aromatic carbocycles. The number of rotatable bonds is 5. The number of nitrogens with zero attached hydrogens (tertiary/aromatic N) is 1. The number of carbonyl (C=O) groups excluding carboxylic acids is 2. The van der Waals surface area contributed by atoms with Gasteiger partial charge in [0, 0.05) is 11.6 Å². The molecule has 3 rings (SSSR count). The van der Waals surface area contributed by atoms with E-state index >= 15 is 0 Å². The second-order valence-corrected chi connectivity index (χ2v) is 9.25. The van der Waals surface area contributed by atoms with Crippen molar-refractivity contribution in [1.29, 1.82) is 0 Å². The first-order valence-electron chi connectivity index (χ1n) is 10.0. The number of carbonyl (C=O) groups is 3. The molecule has 0 radical (unpaired) electrons. The number of carboxylic acid groups (broad SMARTS) is 1. The second kappa shape index (κ2) is 7.27. The van der Waals surface area contributed by atoms with Gasteiger partial charge in [-0.1, -0.05) is 19.9 Å². The van der Waals surface area contributed by atoms with Gasteiger partial charge in [-0.15, -0.1) is 0 Å². The van der Waals surface area contributed by atoms with Crippen molar-refractivity contribution >= 4 is 17.8 Å². The van der Waals surface area contributed by atoms with E-state index in [0.717, 1.165) is 0 Å². The second-order valence-electron chi connectivity index (χ2n) is 9.25. The Kier molecular flexibility index (Phi) is 5.35. The van der Waals surface area contributed by atoms with Gasteiger partial charge in [0.15, 0.2) is 11.5 Å². The minimum atomic E-state index is -1.56. The van der Waals surface area contributed by atoms with Crippen molar-refractivity contribution in [3.05, 3.63) is 23.8 Å². The zero-order valence-corrected chi connectivity index (χ0v) is 18.5. The largest absolute Gasteiger partial charge is 0.493 e. The van der Waals surface area contributed by atoms with Gasteiger partial charge in [-0.05, 0) is 44.4 Å². The smallest absolute Gasteiger partial charge is 0.325 e. The zero-order valence-electron chi connectivity index (χ0n) is 18.5. The first kappa shape index (κ1) is 22.1. The number of hydrogen-bond acceptors (Lipinski definition) is 6. The molecule has 30 heavy (non-hydrogen) atoms. The molecule has 0 aliphatic carbocycles. The minimum absolute atomic E-state index is 0.353. The summed E-state index contributed by atoms with van der Waals surface area (Å²) in [5, 5.41) is 13.4. The molecule has 2 amide bonds. The number of hydrogen-bond donors (Lipinski definition) is 2. The van der Waals surface area contributed by atoms with Crippen LogP contribution in [-0.4, -0.2) is 53.1 Å². The van der Waals surface area contributed by atoms with Crippen LogP contribution in [0.3, 0.4) is 0 Å². The monoisotopic (exact) mass is 418 g/mol. The molecule has 0 saturated carbocycles. The van der Waals surface area contributed by atoms with E-state index in [-0.39, 0.29) is 5.91 Å². The molecule has 0 bridgehead atoms. The molecule has 0 aromatic heterocycles. The lowest BCUT2D eigenvalue weighted by molar-refractivity contribution is -0.155. The van der Waals surface area contributed by atoms with Crippen LogP contribution >= 0.6 is 0 Å². The molecule has 2 saturated heterocycles. The highest BCUT2D eigenvalue weighted by Gasteiger charge is 2.70. The van der Waals surface area contributed by atoms with Crippen LogP contribution in [-0.2, 0) is 14.4 Å². The third-order valence-electron chi connectivity index (χ3n) is 6.30. The Morgan fingerprint density at radius 1 is 1.13 bits per heavy atom. The number of likely N-dealkylation sites (tertiary alicyclic amines) is 1. The maximum Gasteiger partial charge on any atom is 0.325 e. The molecule has 4 unspecified atom stereocenters. The fourth-order valence-corrected chi connectivity index (χ4v) is 4.91. The molecule has 4 atom stereocenters. The Hall–Kier alpha value is -2.61. The number of amides is 2. The average Bonchev–Trinajstić information content (AvgIpc) is 3.15. The van der Waals surface area contributed by atoms with Gasteiger partial charge in [0.2, 0.25) is 11.8 Å². The van der Waals surface area contributed by atoms with Gasteiger partial charge >= 0.3 is 5.97 Å². The highest BCUT2D eigenvalue weighted by Crippen LogP contribution is 2.53. The van der Waals surface area contributed by atoms with E-state index in [9.17, 15) is 19.5 Å². The van der Waals surface area contributed by atoms with Crippen LogP contribution in [0.4, 0.5) is 0 Å². The third kappa shape index (κ3) is 2.96. The number of benzene rings is 1. The Morgan fingerprint density at radius 2 is 1.73 bits per heavy atom. The summed E-state index contributed by atoms with van der Waals surface area (Å²) in [7, 11) is 3.03. The Balaban J connectivity index is 2.20. The quantitative estimate of drug-likeness (QED) is 0.707. The van der Waals surface area contributed by atoms with Gasteiger partial charge in [-0.25, -0.2) is 0 Å². The molecule has 164 valence electrons. The molecular weight excluding hydrogens is 388 g/mol. The van der Waals surface area contributed by atoms with E-state index in [4.69, 9.17) is 9.47 Å². The van der Waals surface area contributed by atoms with Crippen LogP contribution in [0.1, 0.15) is 46.2 Å². The number of carboxylic acids is 1.